The number of nitrogens with zero attached hydrogens (tertiary/aromatic N) is 1. The van der Waals surface area contributed by atoms with E-state index in [4.69, 9.17) is 0 Å². The fourth-order valence-corrected chi connectivity index (χ4v) is 3.95. The van der Waals surface area contributed by atoms with Gasteiger partial charge in [-0.2, -0.15) is 0 Å². The first-order chi connectivity index (χ1) is 10.6. The van der Waals surface area contributed by atoms with Crippen LogP contribution in [0.2, 0.25) is 0 Å². The molecule has 0 aromatic carbocycles. The van der Waals surface area contributed by atoms with Crippen molar-refractivity contribution < 1.29 is 4.79 Å². The third-order valence-corrected chi connectivity index (χ3v) is 5.41. The van der Waals surface area contributed by atoms with Gasteiger partial charge in [0.05, 0.1) is 0 Å². The number of Topliss-reactive ketones (excluding diaryl/α,β-unsaturated/α-hetero) is 1. The number of rotatable bonds is 6. The predicted octanol–water partition coefficient (Wildman–Crippen LogP) is 4.02. The van der Waals surface area contributed by atoms with Crippen LogP contribution >= 0.6 is 0 Å². The lowest BCUT2D eigenvalue weighted by Gasteiger charge is -2.46. The van der Waals surface area contributed by atoms with Crippen molar-refractivity contribution in [1.82, 2.24) is 10.2 Å². The van der Waals surface area contributed by atoms with E-state index in [0.29, 0.717) is 23.7 Å². The van der Waals surface area contributed by atoms with Crippen LogP contribution in [-0.4, -0.2) is 42.9 Å². The average Bonchev–Trinajstić information content (AvgIpc) is 2.54. The fraction of sp³-hybridized carbons (Fsp3) is 0.947. The molecule has 0 atom stereocenters. The van der Waals surface area contributed by atoms with Gasteiger partial charge in [-0.3, -0.25) is 4.79 Å². The van der Waals surface area contributed by atoms with Crippen LogP contribution in [0.15, 0.2) is 0 Å². The Balaban J connectivity index is 0.00000116. The van der Waals surface area contributed by atoms with Crippen LogP contribution in [0.4, 0.5) is 0 Å². The van der Waals surface area contributed by atoms with Crippen LogP contribution < -0.4 is 5.32 Å². The topological polar surface area (TPSA) is 32.3 Å². The van der Waals surface area contributed by atoms with E-state index in [1.54, 1.807) is 6.92 Å². The summed E-state index contributed by atoms with van der Waals surface area (Å²) in [6.07, 6.45) is 10.2. The van der Waals surface area contributed by atoms with E-state index in [2.05, 4.69) is 17.1 Å². The number of piperidine rings is 1. The van der Waals surface area contributed by atoms with Gasteiger partial charge in [-0.05, 0) is 76.9 Å². The Morgan fingerprint density at radius 3 is 2.23 bits per heavy atom. The second-order valence-electron chi connectivity index (χ2n) is 7.02. The summed E-state index contributed by atoms with van der Waals surface area (Å²) in [5.41, 5.74) is 0.656. The lowest BCUT2D eigenvalue weighted by atomic mass is 9.67. The standard InChI is InChI=1S/C17H32N2O.C2H6/c1-3-12-19-13-9-17(10-14-19)7-4-16(5-8-17)18-11-6-15(2)20;1-2/h16,18H,3-14H2,1-2H3;1-2H3. The molecule has 2 rings (SSSR count). The Morgan fingerprint density at radius 2 is 1.73 bits per heavy atom. The number of nitrogens with one attached hydrogen (secondary N) is 1. The zero-order valence-electron chi connectivity index (χ0n) is 15.4. The van der Waals surface area contributed by atoms with E-state index in [-0.39, 0.29) is 0 Å². The highest BCUT2D eigenvalue weighted by molar-refractivity contribution is 5.75. The minimum Gasteiger partial charge on any atom is -0.314 e. The van der Waals surface area contributed by atoms with Crippen molar-refractivity contribution in [3.63, 3.8) is 0 Å². The maximum absolute atomic E-state index is 11.0. The maximum atomic E-state index is 11.0. The first-order valence-corrected chi connectivity index (χ1v) is 9.59. The summed E-state index contributed by atoms with van der Waals surface area (Å²) in [4.78, 5) is 13.6. The summed E-state index contributed by atoms with van der Waals surface area (Å²) < 4.78 is 0. The molecule has 0 aromatic heterocycles. The largest absolute Gasteiger partial charge is 0.314 e. The van der Waals surface area contributed by atoms with E-state index < -0.39 is 0 Å². The van der Waals surface area contributed by atoms with Crippen LogP contribution in [0.25, 0.3) is 0 Å². The van der Waals surface area contributed by atoms with E-state index in [0.717, 1.165) is 6.54 Å². The van der Waals surface area contributed by atoms with Crippen LogP contribution in [0.1, 0.15) is 79.1 Å². The molecule has 1 saturated heterocycles. The van der Waals surface area contributed by atoms with Gasteiger partial charge in [-0.1, -0.05) is 20.8 Å². The second kappa shape index (κ2) is 10.4. The lowest BCUT2D eigenvalue weighted by molar-refractivity contribution is -0.116. The third kappa shape index (κ3) is 6.37. The number of hydrogen-bond acceptors (Lipinski definition) is 3. The van der Waals surface area contributed by atoms with E-state index in [1.807, 2.05) is 13.8 Å². The molecule has 3 nitrogen and oxygen atoms in total. The van der Waals surface area contributed by atoms with Gasteiger partial charge in [-0.25, -0.2) is 0 Å². The van der Waals surface area contributed by atoms with Gasteiger partial charge >= 0.3 is 0 Å². The molecule has 22 heavy (non-hydrogen) atoms. The van der Waals surface area contributed by atoms with Crippen molar-refractivity contribution in [3.8, 4) is 0 Å². The molecule has 130 valence electrons. The highest BCUT2D eigenvalue weighted by Crippen LogP contribution is 2.44. The molecule has 0 aromatic rings. The van der Waals surface area contributed by atoms with E-state index >= 15 is 0 Å². The highest BCUT2D eigenvalue weighted by atomic mass is 16.1. The minimum atomic E-state index is 0.299. The molecular formula is C19H38N2O. The molecule has 1 aliphatic heterocycles. The predicted molar refractivity (Wildman–Crippen MR) is 95.3 cm³/mol. The Kier molecular flexibility index (Phi) is 9.27. The van der Waals surface area contributed by atoms with Crippen LogP contribution in [0.3, 0.4) is 0 Å². The number of ketones is 1. The van der Waals surface area contributed by atoms with Gasteiger partial charge in [0.1, 0.15) is 5.78 Å². The highest BCUT2D eigenvalue weighted by Gasteiger charge is 2.37. The Morgan fingerprint density at radius 1 is 1.14 bits per heavy atom. The molecule has 0 unspecified atom stereocenters. The SMILES string of the molecule is CC.CCCN1CCC2(CCC(NCCC(C)=O)CC2)CC1. The van der Waals surface area contributed by atoms with Crippen LogP contribution in [0.5, 0.6) is 0 Å². The van der Waals surface area contributed by atoms with Gasteiger partial charge in [0.25, 0.3) is 0 Å². The van der Waals surface area contributed by atoms with Crippen molar-refractivity contribution in [3.05, 3.63) is 0 Å². The number of hydrogen-bond donors (Lipinski definition) is 1. The molecule has 3 heteroatoms. The molecule has 0 amide bonds. The minimum absolute atomic E-state index is 0.299. The van der Waals surface area contributed by atoms with Crippen molar-refractivity contribution in [2.45, 2.75) is 85.1 Å². The second-order valence-corrected chi connectivity index (χ2v) is 7.02. The fourth-order valence-electron chi connectivity index (χ4n) is 3.95. The number of carbonyl (C=O) groups excluding carboxylic acids is 1. The molecule has 1 spiro atoms. The molecule has 0 radical (unpaired) electrons. The summed E-state index contributed by atoms with van der Waals surface area (Å²) in [5.74, 6) is 0.299. The van der Waals surface area contributed by atoms with Crippen molar-refractivity contribution in [2.24, 2.45) is 5.41 Å². The van der Waals surface area contributed by atoms with Crippen LogP contribution in [-0.2, 0) is 4.79 Å². The van der Waals surface area contributed by atoms with Gasteiger partial charge in [0, 0.05) is 19.0 Å². The van der Waals surface area contributed by atoms with Crippen LogP contribution in [0, 0.1) is 5.41 Å². The summed E-state index contributed by atoms with van der Waals surface area (Å²) in [7, 11) is 0. The summed E-state index contributed by atoms with van der Waals surface area (Å²) in [6, 6.07) is 0.661. The van der Waals surface area contributed by atoms with Gasteiger partial charge in [0.2, 0.25) is 0 Å². The molecule has 1 heterocycles. The van der Waals surface area contributed by atoms with Crippen molar-refractivity contribution in [1.29, 1.82) is 0 Å². The molecule has 2 fully saturated rings. The molecule has 1 N–H and O–H groups in total. The Hall–Kier alpha value is -0.410. The third-order valence-electron chi connectivity index (χ3n) is 5.41. The van der Waals surface area contributed by atoms with Gasteiger partial charge in [-0.15, -0.1) is 0 Å². The Labute approximate surface area is 138 Å². The first-order valence-electron chi connectivity index (χ1n) is 9.59. The van der Waals surface area contributed by atoms with Crippen molar-refractivity contribution >= 4 is 5.78 Å². The zero-order chi connectivity index (χ0) is 16.4. The number of carbonyl (C=O) groups is 1. The molecule has 2 aliphatic rings. The summed E-state index contributed by atoms with van der Waals surface area (Å²) in [6.45, 7) is 12.7. The zero-order valence-corrected chi connectivity index (χ0v) is 15.4. The average molecular weight is 311 g/mol. The van der Waals surface area contributed by atoms with E-state index in [1.165, 1.54) is 64.6 Å². The molecular weight excluding hydrogens is 272 g/mol. The normalized spacial score (nSPS) is 22.2. The molecule has 1 saturated carbocycles. The maximum Gasteiger partial charge on any atom is 0.131 e. The molecule has 0 bridgehead atoms. The number of likely N-dealkylation sites (tertiary alicyclic amines) is 1. The lowest BCUT2D eigenvalue weighted by Crippen LogP contribution is -2.45. The van der Waals surface area contributed by atoms with Gasteiger partial charge in [0.15, 0.2) is 0 Å². The molecule has 1 aliphatic carbocycles. The van der Waals surface area contributed by atoms with Gasteiger partial charge < -0.3 is 10.2 Å². The summed E-state index contributed by atoms with van der Waals surface area (Å²) in [5, 5.41) is 3.57. The Bertz CT molecular complexity index is 299. The summed E-state index contributed by atoms with van der Waals surface area (Å²) >= 11 is 0. The smallest absolute Gasteiger partial charge is 0.131 e. The monoisotopic (exact) mass is 310 g/mol. The van der Waals surface area contributed by atoms with Crippen molar-refractivity contribution in [2.75, 3.05) is 26.2 Å². The first kappa shape index (κ1) is 19.6. The van der Waals surface area contributed by atoms with E-state index in [9.17, 15) is 4.79 Å². The quantitative estimate of drug-likeness (QED) is 0.804.